The summed E-state index contributed by atoms with van der Waals surface area (Å²) in [6, 6.07) is 7.85. The molecule has 6 heteroatoms. The first-order valence-corrected chi connectivity index (χ1v) is 10.4. The van der Waals surface area contributed by atoms with Gasteiger partial charge in [-0.2, -0.15) is 0 Å². The lowest BCUT2D eigenvalue weighted by molar-refractivity contribution is 0.0914. The number of aliphatic hydroxyl groups excluding tert-OH is 1. The number of aliphatic hydroxyl groups is 1. The average Bonchev–Trinajstić information content (AvgIpc) is 3.08. The topological polar surface area (TPSA) is 64.3 Å². The molecule has 3 aromatic rings. The van der Waals surface area contributed by atoms with Gasteiger partial charge >= 0.3 is 0 Å². The molecule has 0 bridgehead atoms. The van der Waals surface area contributed by atoms with Gasteiger partial charge in [-0.15, -0.1) is 11.3 Å². The minimum Gasteiger partial charge on any atom is -0.491 e. The number of hydrogen-bond acceptors (Lipinski definition) is 5. The summed E-state index contributed by atoms with van der Waals surface area (Å²) in [4.78, 5) is 19.5. The second-order valence-electron chi connectivity index (χ2n) is 7.06. The van der Waals surface area contributed by atoms with Crippen molar-refractivity contribution in [3.63, 3.8) is 0 Å². The van der Waals surface area contributed by atoms with Gasteiger partial charge in [0.1, 0.15) is 23.3 Å². The third kappa shape index (κ3) is 3.77. The SMILES string of the molecule is CCc1cccc(OC[C@@H](O)Cn2cnc3sc4c(c3c2=O)CCCC4)c1. The Labute approximate surface area is 162 Å². The lowest BCUT2D eigenvalue weighted by Crippen LogP contribution is -2.30. The highest BCUT2D eigenvalue weighted by Crippen LogP contribution is 2.33. The lowest BCUT2D eigenvalue weighted by atomic mass is 9.97. The molecular weight excluding hydrogens is 360 g/mol. The first kappa shape index (κ1) is 18.2. The maximum atomic E-state index is 12.9. The molecule has 0 radical (unpaired) electrons. The van der Waals surface area contributed by atoms with Crippen LogP contribution in [-0.2, 0) is 25.8 Å². The predicted octanol–water partition coefficient (Wildman–Crippen LogP) is 3.34. The molecule has 142 valence electrons. The van der Waals surface area contributed by atoms with Crippen LogP contribution in [0.5, 0.6) is 5.75 Å². The molecule has 2 heterocycles. The van der Waals surface area contributed by atoms with Crippen LogP contribution in [-0.4, -0.2) is 27.4 Å². The molecular formula is C21H24N2O3S. The second-order valence-corrected chi connectivity index (χ2v) is 8.14. The number of thiophene rings is 1. The third-order valence-corrected chi connectivity index (χ3v) is 6.30. The number of aromatic nitrogens is 2. The van der Waals surface area contributed by atoms with E-state index in [1.54, 1.807) is 17.7 Å². The zero-order valence-corrected chi connectivity index (χ0v) is 16.3. The molecule has 0 amide bonds. The second kappa shape index (κ2) is 7.82. The Kier molecular flexibility index (Phi) is 5.27. The Hall–Kier alpha value is -2.18. The molecule has 0 fully saturated rings. The van der Waals surface area contributed by atoms with Crippen molar-refractivity contribution < 1.29 is 9.84 Å². The summed E-state index contributed by atoms with van der Waals surface area (Å²) >= 11 is 1.64. The summed E-state index contributed by atoms with van der Waals surface area (Å²) in [6.45, 7) is 2.41. The molecule has 0 saturated heterocycles. The van der Waals surface area contributed by atoms with Crippen LogP contribution in [0.3, 0.4) is 0 Å². The van der Waals surface area contributed by atoms with Gasteiger partial charge < -0.3 is 9.84 Å². The van der Waals surface area contributed by atoms with E-state index in [0.29, 0.717) is 0 Å². The van der Waals surface area contributed by atoms with E-state index in [4.69, 9.17) is 4.74 Å². The van der Waals surface area contributed by atoms with Crippen molar-refractivity contribution in [2.45, 2.75) is 51.7 Å². The molecule has 4 rings (SSSR count). The van der Waals surface area contributed by atoms with Gasteiger partial charge in [0.05, 0.1) is 18.3 Å². The first-order chi connectivity index (χ1) is 13.2. The number of ether oxygens (including phenoxy) is 1. The predicted molar refractivity (Wildman–Crippen MR) is 108 cm³/mol. The van der Waals surface area contributed by atoms with Crippen molar-refractivity contribution in [2.24, 2.45) is 0 Å². The van der Waals surface area contributed by atoms with E-state index in [1.165, 1.54) is 27.0 Å². The first-order valence-electron chi connectivity index (χ1n) is 9.55. The van der Waals surface area contributed by atoms with Crippen LogP contribution in [0.4, 0.5) is 0 Å². The van der Waals surface area contributed by atoms with Crippen molar-refractivity contribution in [1.29, 1.82) is 0 Å². The van der Waals surface area contributed by atoms with E-state index in [-0.39, 0.29) is 18.7 Å². The smallest absolute Gasteiger partial charge is 0.262 e. The molecule has 1 N–H and O–H groups in total. The molecule has 5 nitrogen and oxygen atoms in total. The summed E-state index contributed by atoms with van der Waals surface area (Å²) < 4.78 is 7.22. The number of rotatable bonds is 6. The molecule has 0 aliphatic heterocycles. The van der Waals surface area contributed by atoms with Gasteiger partial charge in [0.25, 0.3) is 5.56 Å². The zero-order chi connectivity index (χ0) is 18.8. The quantitative estimate of drug-likeness (QED) is 0.708. The van der Waals surface area contributed by atoms with Gasteiger partial charge in [-0.25, -0.2) is 4.98 Å². The molecule has 1 aliphatic carbocycles. The van der Waals surface area contributed by atoms with Crippen LogP contribution < -0.4 is 10.3 Å². The highest BCUT2D eigenvalue weighted by molar-refractivity contribution is 7.18. The Morgan fingerprint density at radius 2 is 2.19 bits per heavy atom. The van der Waals surface area contributed by atoms with Gasteiger partial charge in [-0.05, 0) is 55.4 Å². The third-order valence-electron chi connectivity index (χ3n) is 5.10. The normalized spacial score (nSPS) is 14.9. The van der Waals surface area contributed by atoms with E-state index in [1.807, 2.05) is 24.3 Å². The van der Waals surface area contributed by atoms with E-state index in [2.05, 4.69) is 11.9 Å². The monoisotopic (exact) mass is 384 g/mol. The van der Waals surface area contributed by atoms with Gasteiger partial charge in [-0.1, -0.05) is 19.1 Å². The largest absolute Gasteiger partial charge is 0.491 e. The standard InChI is InChI=1S/C21H24N2O3S/c1-2-14-6-5-7-16(10-14)26-12-15(24)11-23-13-22-20-19(21(23)25)17-8-3-4-9-18(17)27-20/h5-7,10,13,15,24H,2-4,8-9,11-12H2,1H3/t15-/m0/s1. The summed E-state index contributed by atoms with van der Waals surface area (Å²) in [7, 11) is 0. The van der Waals surface area contributed by atoms with Crippen LogP contribution in [0.25, 0.3) is 10.2 Å². The van der Waals surface area contributed by atoms with E-state index < -0.39 is 6.10 Å². The van der Waals surface area contributed by atoms with Gasteiger partial charge in [-0.3, -0.25) is 9.36 Å². The highest BCUT2D eigenvalue weighted by atomic mass is 32.1. The molecule has 1 aromatic carbocycles. The van der Waals surface area contributed by atoms with Crippen LogP contribution in [0.1, 0.15) is 35.8 Å². The fourth-order valence-electron chi connectivity index (χ4n) is 3.64. The Morgan fingerprint density at radius 1 is 1.33 bits per heavy atom. The zero-order valence-electron chi connectivity index (χ0n) is 15.5. The minimum atomic E-state index is -0.776. The average molecular weight is 385 g/mol. The fourth-order valence-corrected chi connectivity index (χ4v) is 4.86. The number of nitrogens with zero attached hydrogens (tertiary/aromatic N) is 2. The van der Waals surface area contributed by atoms with E-state index >= 15 is 0 Å². The minimum absolute atomic E-state index is 0.0496. The van der Waals surface area contributed by atoms with Crippen molar-refractivity contribution in [3.05, 3.63) is 57.0 Å². The maximum absolute atomic E-state index is 12.9. The summed E-state index contributed by atoms with van der Waals surface area (Å²) in [5, 5.41) is 11.1. The number of aryl methyl sites for hydroxylation is 3. The number of hydrogen-bond donors (Lipinski definition) is 1. The Bertz CT molecular complexity index is 1010. The van der Waals surface area contributed by atoms with Crippen LogP contribution in [0.2, 0.25) is 0 Å². The maximum Gasteiger partial charge on any atom is 0.262 e. The van der Waals surface area contributed by atoms with Crippen LogP contribution in [0.15, 0.2) is 35.4 Å². The summed E-state index contributed by atoms with van der Waals surface area (Å²) in [5.41, 5.74) is 2.32. The molecule has 1 aliphatic rings. The van der Waals surface area contributed by atoms with Gasteiger partial charge in [0, 0.05) is 4.88 Å². The van der Waals surface area contributed by atoms with Crippen molar-refractivity contribution in [3.8, 4) is 5.75 Å². The summed E-state index contributed by atoms with van der Waals surface area (Å²) in [5.74, 6) is 0.737. The summed E-state index contributed by atoms with van der Waals surface area (Å²) in [6.07, 6.45) is 6.02. The Morgan fingerprint density at radius 3 is 3.04 bits per heavy atom. The number of fused-ring (bicyclic) bond motifs is 3. The van der Waals surface area contributed by atoms with E-state index in [9.17, 15) is 9.90 Å². The van der Waals surface area contributed by atoms with Crippen molar-refractivity contribution >= 4 is 21.6 Å². The molecule has 0 saturated carbocycles. The van der Waals surface area contributed by atoms with E-state index in [0.717, 1.165) is 41.6 Å². The van der Waals surface area contributed by atoms with Gasteiger partial charge in [0.2, 0.25) is 0 Å². The molecule has 0 unspecified atom stereocenters. The molecule has 0 spiro atoms. The Balaban J connectivity index is 1.49. The highest BCUT2D eigenvalue weighted by Gasteiger charge is 2.20. The molecule has 27 heavy (non-hydrogen) atoms. The van der Waals surface area contributed by atoms with Crippen molar-refractivity contribution in [1.82, 2.24) is 9.55 Å². The van der Waals surface area contributed by atoms with Crippen molar-refractivity contribution in [2.75, 3.05) is 6.61 Å². The number of benzene rings is 1. The molecule has 1 atom stereocenters. The van der Waals surface area contributed by atoms with Crippen LogP contribution >= 0.6 is 11.3 Å². The lowest BCUT2D eigenvalue weighted by Gasteiger charge is -2.14. The molecule has 2 aromatic heterocycles. The van der Waals surface area contributed by atoms with Gasteiger partial charge in [0.15, 0.2) is 0 Å². The van der Waals surface area contributed by atoms with Crippen LogP contribution in [0, 0.1) is 0 Å². The fraction of sp³-hybridized carbons (Fsp3) is 0.429.